The first-order valence-corrected chi connectivity index (χ1v) is 7.38. The van der Waals surface area contributed by atoms with Crippen LogP contribution in [-0.4, -0.2) is 30.6 Å². The van der Waals surface area contributed by atoms with Gasteiger partial charge in [0, 0.05) is 34.7 Å². The Kier molecular flexibility index (Phi) is 3.81. The van der Waals surface area contributed by atoms with Crippen LogP contribution in [0.4, 0.5) is 0 Å². The van der Waals surface area contributed by atoms with E-state index in [1.54, 1.807) is 0 Å². The second kappa shape index (κ2) is 5.38. The fourth-order valence-electron chi connectivity index (χ4n) is 3.17. The van der Waals surface area contributed by atoms with Gasteiger partial charge in [-0.05, 0) is 44.0 Å². The highest BCUT2D eigenvalue weighted by Crippen LogP contribution is 2.29. The van der Waals surface area contributed by atoms with Crippen molar-refractivity contribution >= 4 is 23.2 Å². The molecule has 0 aromatic heterocycles. The Balaban J connectivity index is 1.69. The summed E-state index contributed by atoms with van der Waals surface area (Å²) in [5.41, 5.74) is 1.07. The maximum Gasteiger partial charge on any atom is 0.0465 e. The molecule has 2 saturated heterocycles. The summed E-state index contributed by atoms with van der Waals surface area (Å²) < 4.78 is 0. The van der Waals surface area contributed by atoms with Crippen molar-refractivity contribution in [2.24, 2.45) is 5.92 Å². The molecule has 1 aromatic carbocycles. The quantitative estimate of drug-likeness (QED) is 0.898. The topological polar surface area (TPSA) is 15.3 Å². The van der Waals surface area contributed by atoms with Crippen molar-refractivity contribution in [3.63, 3.8) is 0 Å². The normalized spacial score (nSPS) is 28.3. The molecule has 3 rings (SSSR count). The van der Waals surface area contributed by atoms with Gasteiger partial charge in [-0.15, -0.1) is 0 Å². The first kappa shape index (κ1) is 12.7. The summed E-state index contributed by atoms with van der Waals surface area (Å²) in [7, 11) is 0. The fraction of sp³-hybridized carbons (Fsp3) is 0.571. The molecule has 2 aliphatic rings. The Hall–Kier alpha value is -0.280. The van der Waals surface area contributed by atoms with Gasteiger partial charge in [0.05, 0.1) is 0 Å². The minimum absolute atomic E-state index is 0.739. The number of fused-ring (bicyclic) bond motifs is 1. The first-order valence-electron chi connectivity index (χ1n) is 6.62. The minimum atomic E-state index is 0.739. The maximum atomic E-state index is 6.24. The third-order valence-corrected chi connectivity index (χ3v) is 4.89. The molecule has 18 heavy (non-hydrogen) atoms. The Morgan fingerprint density at radius 3 is 2.78 bits per heavy atom. The number of rotatable bonds is 2. The molecule has 2 atom stereocenters. The molecule has 4 heteroatoms. The van der Waals surface area contributed by atoms with E-state index in [2.05, 4.69) is 10.2 Å². The average Bonchev–Trinajstić information content (AvgIpc) is 2.81. The van der Waals surface area contributed by atoms with E-state index < -0.39 is 0 Å². The number of halogens is 2. The summed E-state index contributed by atoms with van der Waals surface area (Å²) in [6.07, 6.45) is 2.55. The van der Waals surface area contributed by atoms with Crippen molar-refractivity contribution in [3.8, 4) is 0 Å². The highest BCUT2D eigenvalue weighted by molar-refractivity contribution is 6.35. The Bertz CT molecular complexity index is 416. The van der Waals surface area contributed by atoms with Gasteiger partial charge in [-0.3, -0.25) is 4.90 Å². The van der Waals surface area contributed by atoms with Gasteiger partial charge >= 0.3 is 0 Å². The van der Waals surface area contributed by atoms with E-state index in [4.69, 9.17) is 23.2 Å². The molecule has 0 spiro atoms. The molecule has 2 heterocycles. The van der Waals surface area contributed by atoms with Crippen molar-refractivity contribution in [1.29, 1.82) is 0 Å². The monoisotopic (exact) mass is 284 g/mol. The lowest BCUT2D eigenvalue weighted by Crippen LogP contribution is -2.44. The number of piperidine rings is 1. The maximum absolute atomic E-state index is 6.24. The van der Waals surface area contributed by atoms with Crippen LogP contribution in [0.2, 0.25) is 10.0 Å². The van der Waals surface area contributed by atoms with Gasteiger partial charge in [0.25, 0.3) is 0 Å². The lowest BCUT2D eigenvalue weighted by molar-refractivity contribution is 0.156. The van der Waals surface area contributed by atoms with Gasteiger partial charge in [-0.2, -0.15) is 0 Å². The second-order valence-corrected chi connectivity index (χ2v) is 6.15. The van der Waals surface area contributed by atoms with E-state index in [0.717, 1.165) is 40.7 Å². The molecule has 0 radical (unpaired) electrons. The highest BCUT2D eigenvalue weighted by atomic mass is 35.5. The molecular formula is C14H18Cl2N2. The molecule has 2 nitrogen and oxygen atoms in total. The van der Waals surface area contributed by atoms with Gasteiger partial charge in [0.2, 0.25) is 0 Å². The van der Waals surface area contributed by atoms with E-state index in [0.29, 0.717) is 0 Å². The number of hydrogen-bond acceptors (Lipinski definition) is 2. The first-order chi connectivity index (χ1) is 8.74. The largest absolute Gasteiger partial charge is 0.314 e. The summed E-state index contributed by atoms with van der Waals surface area (Å²) in [6, 6.07) is 6.49. The molecule has 1 N–H and O–H groups in total. The van der Waals surface area contributed by atoms with Crippen molar-refractivity contribution in [2.75, 3.05) is 19.6 Å². The summed E-state index contributed by atoms with van der Waals surface area (Å²) in [5, 5.41) is 5.16. The molecule has 0 aliphatic carbocycles. The van der Waals surface area contributed by atoms with E-state index in [1.165, 1.54) is 25.9 Å². The lowest BCUT2D eigenvalue weighted by Gasteiger charge is -2.35. The van der Waals surface area contributed by atoms with Crippen LogP contribution in [0.3, 0.4) is 0 Å². The molecule has 2 aliphatic heterocycles. The SMILES string of the molecule is Clc1cccc(Cl)c1CN1CCC2NCCC2C1. The van der Waals surface area contributed by atoms with Gasteiger partial charge in [-0.25, -0.2) is 0 Å². The van der Waals surface area contributed by atoms with Crippen LogP contribution in [-0.2, 0) is 6.54 Å². The minimum Gasteiger partial charge on any atom is -0.314 e. The summed E-state index contributed by atoms with van der Waals surface area (Å²) in [5.74, 6) is 0.806. The van der Waals surface area contributed by atoms with E-state index in [-0.39, 0.29) is 0 Å². The number of nitrogens with zero attached hydrogens (tertiary/aromatic N) is 1. The van der Waals surface area contributed by atoms with Gasteiger partial charge in [-0.1, -0.05) is 29.3 Å². The van der Waals surface area contributed by atoms with Crippen molar-refractivity contribution in [3.05, 3.63) is 33.8 Å². The van der Waals surface area contributed by atoms with Crippen molar-refractivity contribution in [2.45, 2.75) is 25.4 Å². The van der Waals surface area contributed by atoms with Crippen LogP contribution in [0.5, 0.6) is 0 Å². The molecule has 0 saturated carbocycles. The second-order valence-electron chi connectivity index (χ2n) is 5.33. The zero-order valence-electron chi connectivity index (χ0n) is 10.3. The predicted molar refractivity (Wildman–Crippen MR) is 76.3 cm³/mol. The van der Waals surface area contributed by atoms with E-state index in [9.17, 15) is 0 Å². The van der Waals surface area contributed by atoms with Crippen LogP contribution in [0, 0.1) is 5.92 Å². The van der Waals surface area contributed by atoms with Crippen LogP contribution < -0.4 is 5.32 Å². The summed E-state index contributed by atoms with van der Waals surface area (Å²) in [4.78, 5) is 2.49. The Morgan fingerprint density at radius 2 is 2.00 bits per heavy atom. The molecule has 98 valence electrons. The lowest BCUT2D eigenvalue weighted by atomic mass is 9.93. The van der Waals surface area contributed by atoms with Crippen molar-refractivity contribution < 1.29 is 0 Å². The molecule has 0 amide bonds. The molecule has 1 aromatic rings. The van der Waals surface area contributed by atoms with Crippen molar-refractivity contribution in [1.82, 2.24) is 10.2 Å². The fourth-order valence-corrected chi connectivity index (χ4v) is 3.69. The standard InChI is InChI=1S/C14H18Cl2N2/c15-12-2-1-3-13(16)11(12)9-18-7-5-14-10(8-18)4-6-17-14/h1-3,10,14,17H,4-9H2. The number of benzene rings is 1. The molecule has 0 bridgehead atoms. The Labute approximate surface area is 118 Å². The van der Waals surface area contributed by atoms with E-state index in [1.807, 2.05) is 18.2 Å². The number of likely N-dealkylation sites (tertiary alicyclic amines) is 1. The summed E-state index contributed by atoms with van der Waals surface area (Å²) in [6.45, 7) is 4.35. The third kappa shape index (κ3) is 2.53. The van der Waals surface area contributed by atoms with Crippen LogP contribution in [0.15, 0.2) is 18.2 Å². The van der Waals surface area contributed by atoms with Gasteiger partial charge < -0.3 is 5.32 Å². The van der Waals surface area contributed by atoms with Gasteiger partial charge in [0.1, 0.15) is 0 Å². The van der Waals surface area contributed by atoms with Crippen LogP contribution in [0.1, 0.15) is 18.4 Å². The van der Waals surface area contributed by atoms with Gasteiger partial charge in [0.15, 0.2) is 0 Å². The highest BCUT2D eigenvalue weighted by Gasteiger charge is 2.32. The zero-order chi connectivity index (χ0) is 12.5. The van der Waals surface area contributed by atoms with Crippen LogP contribution >= 0.6 is 23.2 Å². The predicted octanol–water partition coefficient (Wildman–Crippen LogP) is 3.18. The molecule has 2 unspecified atom stereocenters. The third-order valence-electron chi connectivity index (χ3n) is 4.18. The number of nitrogens with one attached hydrogen (secondary N) is 1. The molecule has 2 fully saturated rings. The number of hydrogen-bond donors (Lipinski definition) is 1. The van der Waals surface area contributed by atoms with Crippen LogP contribution in [0.25, 0.3) is 0 Å². The Morgan fingerprint density at radius 1 is 1.22 bits per heavy atom. The summed E-state index contributed by atoms with van der Waals surface area (Å²) >= 11 is 12.5. The molecular weight excluding hydrogens is 267 g/mol. The van der Waals surface area contributed by atoms with E-state index >= 15 is 0 Å². The zero-order valence-corrected chi connectivity index (χ0v) is 11.8. The average molecular weight is 285 g/mol. The smallest absolute Gasteiger partial charge is 0.0465 e.